The van der Waals surface area contributed by atoms with Crippen LogP contribution in [0.2, 0.25) is 5.02 Å². The van der Waals surface area contributed by atoms with Crippen molar-refractivity contribution in [3.05, 3.63) is 46.1 Å². The van der Waals surface area contributed by atoms with Crippen molar-refractivity contribution < 1.29 is 9.69 Å². The lowest BCUT2D eigenvalue weighted by molar-refractivity contribution is -0.892. The Morgan fingerprint density at radius 1 is 1.25 bits per heavy atom. The van der Waals surface area contributed by atoms with Crippen LogP contribution in [0.1, 0.15) is 10.4 Å². The third kappa shape index (κ3) is 3.83. The van der Waals surface area contributed by atoms with Crippen LogP contribution in [0.15, 0.2) is 30.6 Å². The van der Waals surface area contributed by atoms with Gasteiger partial charge in [-0.3, -0.25) is 4.79 Å². The van der Waals surface area contributed by atoms with Gasteiger partial charge in [0.05, 0.1) is 42.3 Å². The van der Waals surface area contributed by atoms with Gasteiger partial charge in [-0.05, 0) is 31.5 Å². The zero-order valence-electron chi connectivity index (χ0n) is 16.0. The fourth-order valence-electron chi connectivity index (χ4n) is 3.60. The number of hydrogen-bond donors (Lipinski definition) is 2. The molecule has 1 saturated heterocycles. The molecule has 3 heterocycles. The number of piperazine rings is 1. The molecule has 0 bridgehead atoms. The van der Waals surface area contributed by atoms with E-state index in [2.05, 4.69) is 34.0 Å². The fraction of sp³-hybridized carbons (Fsp3) is 0.350. The van der Waals surface area contributed by atoms with Crippen LogP contribution >= 0.6 is 22.9 Å². The maximum absolute atomic E-state index is 12.4. The number of aromatic nitrogens is 2. The molecule has 0 saturated carbocycles. The summed E-state index contributed by atoms with van der Waals surface area (Å²) in [6.07, 6.45) is 1.66. The van der Waals surface area contributed by atoms with Crippen molar-refractivity contribution in [3.63, 3.8) is 0 Å². The van der Waals surface area contributed by atoms with Gasteiger partial charge in [0.15, 0.2) is 6.54 Å². The van der Waals surface area contributed by atoms with Gasteiger partial charge in [-0.15, -0.1) is 11.3 Å². The van der Waals surface area contributed by atoms with Gasteiger partial charge in [0.25, 0.3) is 5.91 Å². The van der Waals surface area contributed by atoms with Gasteiger partial charge >= 0.3 is 0 Å². The van der Waals surface area contributed by atoms with E-state index in [9.17, 15) is 4.79 Å². The van der Waals surface area contributed by atoms with Gasteiger partial charge in [0, 0.05) is 4.88 Å². The molecule has 1 aromatic carbocycles. The van der Waals surface area contributed by atoms with Crippen molar-refractivity contribution in [2.24, 2.45) is 0 Å². The number of carbonyl (C=O) groups is 1. The van der Waals surface area contributed by atoms with Gasteiger partial charge in [0.2, 0.25) is 0 Å². The van der Waals surface area contributed by atoms with E-state index in [-0.39, 0.29) is 5.91 Å². The molecule has 0 spiro atoms. The summed E-state index contributed by atoms with van der Waals surface area (Å²) in [5.74, 6) is 1.01. The molecule has 0 unspecified atom stereocenters. The van der Waals surface area contributed by atoms with E-state index in [4.69, 9.17) is 11.6 Å². The molecule has 0 radical (unpaired) electrons. The maximum Gasteiger partial charge on any atom is 0.279 e. The first-order chi connectivity index (χ1) is 13.5. The first kappa shape index (κ1) is 19.1. The first-order valence-corrected chi connectivity index (χ1v) is 10.6. The summed E-state index contributed by atoms with van der Waals surface area (Å²) in [6.45, 7) is 8.24. The molecule has 1 aliphatic heterocycles. The summed E-state index contributed by atoms with van der Waals surface area (Å²) in [6, 6.07) is 7.31. The molecule has 6 nitrogen and oxygen atoms in total. The smallest absolute Gasteiger partial charge is 0.279 e. The predicted octanol–water partition coefficient (Wildman–Crippen LogP) is 2.31. The van der Waals surface area contributed by atoms with Crippen LogP contribution in [-0.2, 0) is 4.79 Å². The zero-order chi connectivity index (χ0) is 19.7. The average molecular weight is 417 g/mol. The highest BCUT2D eigenvalue weighted by atomic mass is 35.5. The number of aryl methyl sites for hydroxylation is 2. The molecule has 8 heteroatoms. The summed E-state index contributed by atoms with van der Waals surface area (Å²) < 4.78 is 0. The fourth-order valence-corrected chi connectivity index (χ4v) is 4.77. The third-order valence-electron chi connectivity index (χ3n) is 5.27. The quantitative estimate of drug-likeness (QED) is 0.685. The first-order valence-electron chi connectivity index (χ1n) is 9.36. The van der Waals surface area contributed by atoms with Crippen molar-refractivity contribution >= 4 is 50.6 Å². The highest BCUT2D eigenvalue weighted by Crippen LogP contribution is 2.34. The number of para-hydroxylation sites is 1. The molecule has 0 atom stereocenters. The number of nitrogens with one attached hydrogen (secondary N) is 2. The number of halogens is 1. The van der Waals surface area contributed by atoms with Crippen LogP contribution < -0.4 is 15.1 Å². The number of amides is 1. The molecule has 1 fully saturated rings. The number of hydrogen-bond acceptors (Lipinski definition) is 5. The molecule has 28 heavy (non-hydrogen) atoms. The van der Waals surface area contributed by atoms with Crippen LogP contribution in [0, 0.1) is 13.8 Å². The van der Waals surface area contributed by atoms with Gasteiger partial charge in [-0.1, -0.05) is 23.7 Å². The standard InChI is InChI=1S/C20H22ClN5OS/c1-13-14(2)28-20-18(13)19(22-12-23-20)26-9-7-25(8-10-26)11-17(27)24-16-6-4-3-5-15(16)21/h3-6,12H,7-11H2,1-2H3,(H,24,27)/p+1. The number of anilines is 2. The molecule has 2 N–H and O–H groups in total. The molecular weight excluding hydrogens is 394 g/mol. The minimum absolute atomic E-state index is 0.00900. The highest BCUT2D eigenvalue weighted by Gasteiger charge is 2.25. The molecule has 4 rings (SSSR count). The van der Waals surface area contributed by atoms with Gasteiger partial charge in [-0.2, -0.15) is 0 Å². The summed E-state index contributed by atoms with van der Waals surface area (Å²) in [7, 11) is 0. The third-order valence-corrected chi connectivity index (χ3v) is 6.72. The van der Waals surface area contributed by atoms with Crippen molar-refractivity contribution in [1.29, 1.82) is 0 Å². The number of fused-ring (bicyclic) bond motifs is 1. The van der Waals surface area contributed by atoms with Crippen molar-refractivity contribution in [2.75, 3.05) is 42.9 Å². The summed E-state index contributed by atoms with van der Waals surface area (Å²) >= 11 is 7.84. The number of rotatable bonds is 4. The van der Waals surface area contributed by atoms with Crippen molar-refractivity contribution in [2.45, 2.75) is 13.8 Å². The molecular formula is C20H23ClN5OS+. The van der Waals surface area contributed by atoms with Gasteiger partial charge in [0.1, 0.15) is 17.0 Å². The Hall–Kier alpha value is -2.22. The molecule has 3 aromatic rings. The lowest BCUT2D eigenvalue weighted by Crippen LogP contribution is -3.15. The van der Waals surface area contributed by atoms with Crippen LogP contribution in [0.3, 0.4) is 0 Å². The molecule has 0 aliphatic carbocycles. The minimum Gasteiger partial charge on any atom is -0.345 e. The Bertz CT molecular complexity index is 1010. The van der Waals surface area contributed by atoms with E-state index in [1.807, 2.05) is 18.2 Å². The van der Waals surface area contributed by atoms with E-state index in [0.717, 1.165) is 36.8 Å². The van der Waals surface area contributed by atoms with Gasteiger partial charge in [-0.25, -0.2) is 9.97 Å². The molecule has 2 aromatic heterocycles. The number of quaternary nitrogens is 1. The van der Waals surface area contributed by atoms with Gasteiger partial charge < -0.3 is 15.1 Å². The monoisotopic (exact) mass is 416 g/mol. The average Bonchev–Trinajstić information content (AvgIpc) is 2.98. The number of carbonyl (C=O) groups excluding carboxylic acids is 1. The Kier molecular flexibility index (Phi) is 5.48. The van der Waals surface area contributed by atoms with E-state index >= 15 is 0 Å². The van der Waals surface area contributed by atoms with Crippen LogP contribution in [0.25, 0.3) is 10.2 Å². The number of thiophene rings is 1. The number of benzene rings is 1. The second-order valence-corrected chi connectivity index (χ2v) is 8.71. The topological polar surface area (TPSA) is 62.6 Å². The second kappa shape index (κ2) is 8.03. The van der Waals surface area contributed by atoms with Crippen molar-refractivity contribution in [3.8, 4) is 0 Å². The van der Waals surface area contributed by atoms with E-state index in [0.29, 0.717) is 17.3 Å². The SMILES string of the molecule is Cc1sc2ncnc(N3CC[NH+](CC(=O)Nc4ccccc4Cl)CC3)c2c1C. The second-order valence-electron chi connectivity index (χ2n) is 7.10. The Balaban J connectivity index is 1.39. The van der Waals surface area contributed by atoms with E-state index in [1.54, 1.807) is 23.7 Å². The minimum atomic E-state index is -0.00900. The van der Waals surface area contributed by atoms with Crippen LogP contribution in [0.5, 0.6) is 0 Å². The van der Waals surface area contributed by atoms with Crippen LogP contribution in [-0.4, -0.2) is 48.6 Å². The molecule has 1 aliphatic rings. The number of nitrogens with zero attached hydrogens (tertiary/aromatic N) is 3. The summed E-state index contributed by atoms with van der Waals surface area (Å²) in [4.78, 5) is 27.3. The van der Waals surface area contributed by atoms with E-state index < -0.39 is 0 Å². The Morgan fingerprint density at radius 2 is 2.00 bits per heavy atom. The maximum atomic E-state index is 12.4. The molecule has 1 amide bonds. The lowest BCUT2D eigenvalue weighted by Gasteiger charge is -2.33. The summed E-state index contributed by atoms with van der Waals surface area (Å²) in [5.41, 5.74) is 1.93. The predicted molar refractivity (Wildman–Crippen MR) is 115 cm³/mol. The Morgan fingerprint density at radius 3 is 2.75 bits per heavy atom. The Labute approximate surface area is 173 Å². The van der Waals surface area contributed by atoms with Crippen molar-refractivity contribution in [1.82, 2.24) is 9.97 Å². The molecule has 146 valence electrons. The largest absolute Gasteiger partial charge is 0.345 e. The summed E-state index contributed by atoms with van der Waals surface area (Å²) in [5, 5.41) is 4.64. The van der Waals surface area contributed by atoms with Crippen LogP contribution in [0.4, 0.5) is 11.5 Å². The lowest BCUT2D eigenvalue weighted by atomic mass is 10.2. The van der Waals surface area contributed by atoms with E-state index in [1.165, 1.54) is 20.7 Å². The highest BCUT2D eigenvalue weighted by molar-refractivity contribution is 7.18. The normalized spacial score (nSPS) is 15.2. The zero-order valence-corrected chi connectivity index (χ0v) is 17.5.